The number of rotatable bonds is 0. The normalized spacial score (nSPS) is 30.7. The van der Waals surface area contributed by atoms with E-state index in [0.29, 0.717) is 0 Å². The van der Waals surface area contributed by atoms with Gasteiger partial charge in [-0.3, -0.25) is 0 Å². The van der Waals surface area contributed by atoms with Crippen LogP contribution in [0.5, 0.6) is 5.75 Å². The Morgan fingerprint density at radius 2 is 1.82 bits per heavy atom. The summed E-state index contributed by atoms with van der Waals surface area (Å²) in [5.74, 6) is 1.01. The molecular weight excluding hydrogens is 210 g/mol. The van der Waals surface area contributed by atoms with E-state index in [-0.39, 0.29) is 11.1 Å². The molecule has 2 nitrogen and oxygen atoms in total. The Morgan fingerprint density at radius 3 is 2.59 bits per heavy atom. The van der Waals surface area contributed by atoms with Crippen LogP contribution in [0.3, 0.4) is 0 Å². The SMILES string of the molecule is CC1(N)CC2(CCCCC2)Oc2ccccc21. The molecule has 1 aliphatic heterocycles. The van der Waals surface area contributed by atoms with E-state index in [0.717, 1.165) is 30.6 Å². The molecule has 1 aliphatic carbocycles. The second-order valence-corrected chi connectivity index (χ2v) is 5.94. The van der Waals surface area contributed by atoms with Gasteiger partial charge in [0.15, 0.2) is 0 Å². The number of hydrogen-bond acceptors (Lipinski definition) is 2. The average Bonchev–Trinajstić information content (AvgIpc) is 2.29. The van der Waals surface area contributed by atoms with Crippen molar-refractivity contribution in [2.24, 2.45) is 5.73 Å². The van der Waals surface area contributed by atoms with Crippen LogP contribution in [0.25, 0.3) is 0 Å². The Labute approximate surface area is 103 Å². The minimum atomic E-state index is -0.244. The van der Waals surface area contributed by atoms with Crippen LogP contribution in [0.4, 0.5) is 0 Å². The Balaban J connectivity index is 2.00. The van der Waals surface area contributed by atoms with Crippen LogP contribution in [0, 0.1) is 0 Å². The molecule has 1 spiro atoms. The summed E-state index contributed by atoms with van der Waals surface area (Å²) in [4.78, 5) is 0. The van der Waals surface area contributed by atoms with Crippen molar-refractivity contribution < 1.29 is 4.74 Å². The first-order valence-electron chi connectivity index (χ1n) is 6.69. The molecule has 1 aromatic carbocycles. The second kappa shape index (κ2) is 3.74. The Morgan fingerprint density at radius 1 is 1.12 bits per heavy atom. The fourth-order valence-corrected chi connectivity index (χ4v) is 3.54. The minimum Gasteiger partial charge on any atom is -0.487 e. The van der Waals surface area contributed by atoms with E-state index in [9.17, 15) is 0 Å². The zero-order valence-corrected chi connectivity index (χ0v) is 10.5. The van der Waals surface area contributed by atoms with E-state index in [1.54, 1.807) is 0 Å². The highest BCUT2D eigenvalue weighted by molar-refractivity contribution is 5.41. The quantitative estimate of drug-likeness (QED) is 0.743. The molecule has 92 valence electrons. The maximum atomic E-state index is 6.51. The van der Waals surface area contributed by atoms with Crippen molar-refractivity contribution in [3.63, 3.8) is 0 Å². The highest BCUT2D eigenvalue weighted by Gasteiger charge is 2.45. The zero-order valence-electron chi connectivity index (χ0n) is 10.5. The Kier molecular flexibility index (Phi) is 2.44. The smallest absolute Gasteiger partial charge is 0.125 e. The van der Waals surface area contributed by atoms with Crippen molar-refractivity contribution in [3.05, 3.63) is 29.8 Å². The van der Waals surface area contributed by atoms with Crippen molar-refractivity contribution in [2.45, 2.75) is 56.6 Å². The number of fused-ring (bicyclic) bond motifs is 1. The third-order valence-corrected chi connectivity index (χ3v) is 4.28. The van der Waals surface area contributed by atoms with Gasteiger partial charge < -0.3 is 10.5 Å². The molecule has 1 heterocycles. The lowest BCUT2D eigenvalue weighted by Crippen LogP contribution is -2.51. The Hall–Kier alpha value is -1.02. The van der Waals surface area contributed by atoms with Gasteiger partial charge in [-0.25, -0.2) is 0 Å². The standard InChI is InChI=1S/C15H21NO/c1-14(16)11-15(9-5-2-6-10-15)17-13-8-4-3-7-12(13)14/h3-4,7-8H,2,5-6,9-11,16H2,1H3. The van der Waals surface area contributed by atoms with Crippen LogP contribution in [-0.4, -0.2) is 5.60 Å². The number of para-hydroxylation sites is 1. The molecule has 1 unspecified atom stereocenters. The van der Waals surface area contributed by atoms with E-state index in [2.05, 4.69) is 19.1 Å². The fraction of sp³-hybridized carbons (Fsp3) is 0.600. The van der Waals surface area contributed by atoms with Gasteiger partial charge in [-0.05, 0) is 38.7 Å². The second-order valence-electron chi connectivity index (χ2n) is 5.94. The number of ether oxygens (including phenoxy) is 1. The molecule has 1 atom stereocenters. The summed E-state index contributed by atoms with van der Waals surface area (Å²) in [6.07, 6.45) is 7.17. The molecule has 0 bridgehead atoms. The molecule has 1 aromatic rings. The molecule has 0 saturated heterocycles. The summed E-state index contributed by atoms with van der Waals surface area (Å²) < 4.78 is 6.32. The summed E-state index contributed by atoms with van der Waals surface area (Å²) in [5, 5.41) is 0. The monoisotopic (exact) mass is 231 g/mol. The van der Waals surface area contributed by atoms with Crippen molar-refractivity contribution >= 4 is 0 Å². The number of benzene rings is 1. The summed E-state index contributed by atoms with van der Waals surface area (Å²) in [5.41, 5.74) is 7.44. The first-order valence-corrected chi connectivity index (χ1v) is 6.69. The lowest BCUT2D eigenvalue weighted by molar-refractivity contribution is -0.0146. The minimum absolute atomic E-state index is 0.0100. The topological polar surface area (TPSA) is 35.2 Å². The molecule has 3 rings (SSSR count). The van der Waals surface area contributed by atoms with Crippen LogP contribution in [0.2, 0.25) is 0 Å². The predicted octanol–water partition coefficient (Wildman–Crippen LogP) is 3.35. The molecule has 1 fully saturated rings. The van der Waals surface area contributed by atoms with E-state index >= 15 is 0 Å². The van der Waals surface area contributed by atoms with Gasteiger partial charge >= 0.3 is 0 Å². The molecule has 17 heavy (non-hydrogen) atoms. The van der Waals surface area contributed by atoms with E-state index < -0.39 is 0 Å². The third kappa shape index (κ3) is 1.85. The maximum Gasteiger partial charge on any atom is 0.125 e. The maximum absolute atomic E-state index is 6.51. The van der Waals surface area contributed by atoms with Gasteiger partial charge in [0, 0.05) is 17.5 Å². The van der Waals surface area contributed by atoms with Crippen molar-refractivity contribution in [1.29, 1.82) is 0 Å². The summed E-state index contributed by atoms with van der Waals surface area (Å²) in [6.45, 7) is 2.14. The average molecular weight is 231 g/mol. The van der Waals surface area contributed by atoms with Gasteiger partial charge in [0.05, 0.1) is 0 Å². The summed E-state index contributed by atoms with van der Waals surface area (Å²) >= 11 is 0. The predicted molar refractivity (Wildman–Crippen MR) is 69.0 cm³/mol. The molecule has 1 saturated carbocycles. The van der Waals surface area contributed by atoms with Gasteiger partial charge in [-0.2, -0.15) is 0 Å². The van der Waals surface area contributed by atoms with Crippen LogP contribution in [-0.2, 0) is 5.54 Å². The number of hydrogen-bond donors (Lipinski definition) is 1. The highest BCUT2D eigenvalue weighted by atomic mass is 16.5. The van der Waals surface area contributed by atoms with Crippen molar-refractivity contribution in [3.8, 4) is 5.75 Å². The fourth-order valence-electron chi connectivity index (χ4n) is 3.54. The van der Waals surface area contributed by atoms with Crippen LogP contribution >= 0.6 is 0 Å². The first kappa shape index (κ1) is 11.1. The zero-order chi connectivity index (χ0) is 11.9. The third-order valence-electron chi connectivity index (χ3n) is 4.28. The first-order chi connectivity index (χ1) is 8.11. The molecule has 2 heteroatoms. The lowest BCUT2D eigenvalue weighted by atomic mass is 9.72. The molecule has 0 aromatic heterocycles. The van der Waals surface area contributed by atoms with Crippen LogP contribution in [0.1, 0.15) is 51.0 Å². The van der Waals surface area contributed by atoms with Gasteiger partial charge in [0.1, 0.15) is 11.4 Å². The Bertz CT molecular complexity index is 419. The summed E-state index contributed by atoms with van der Waals surface area (Å²) in [7, 11) is 0. The van der Waals surface area contributed by atoms with Gasteiger partial charge in [0.25, 0.3) is 0 Å². The number of nitrogens with two attached hydrogens (primary N) is 1. The molecule has 0 amide bonds. The highest BCUT2D eigenvalue weighted by Crippen LogP contribution is 2.47. The summed E-state index contributed by atoms with van der Waals surface area (Å²) in [6, 6.07) is 8.25. The van der Waals surface area contributed by atoms with Gasteiger partial charge in [0.2, 0.25) is 0 Å². The van der Waals surface area contributed by atoms with Crippen LogP contribution in [0.15, 0.2) is 24.3 Å². The molecular formula is C15H21NO. The van der Waals surface area contributed by atoms with E-state index in [1.165, 1.54) is 19.3 Å². The van der Waals surface area contributed by atoms with Gasteiger partial charge in [-0.15, -0.1) is 0 Å². The van der Waals surface area contributed by atoms with Gasteiger partial charge in [-0.1, -0.05) is 24.6 Å². The molecule has 2 aliphatic rings. The molecule has 2 N–H and O–H groups in total. The lowest BCUT2D eigenvalue weighted by Gasteiger charge is -2.47. The van der Waals surface area contributed by atoms with E-state index in [4.69, 9.17) is 10.5 Å². The van der Waals surface area contributed by atoms with E-state index in [1.807, 2.05) is 12.1 Å². The molecule has 0 radical (unpaired) electrons. The van der Waals surface area contributed by atoms with Crippen molar-refractivity contribution in [2.75, 3.05) is 0 Å². The van der Waals surface area contributed by atoms with Crippen molar-refractivity contribution in [1.82, 2.24) is 0 Å². The largest absolute Gasteiger partial charge is 0.487 e. The van der Waals surface area contributed by atoms with Crippen LogP contribution < -0.4 is 10.5 Å².